The van der Waals surface area contributed by atoms with E-state index in [1.165, 1.54) is 12.4 Å². The Morgan fingerprint density at radius 1 is 1.14 bits per heavy atom. The predicted octanol–water partition coefficient (Wildman–Crippen LogP) is 1.51. The molecular formula is C15H19N5O. The Hall–Kier alpha value is -2.47. The predicted molar refractivity (Wildman–Crippen MR) is 82.6 cm³/mol. The molecule has 2 aromatic rings. The van der Waals surface area contributed by atoms with Crippen LogP contribution in [0.25, 0.3) is 0 Å². The highest BCUT2D eigenvalue weighted by Gasteiger charge is 2.06. The minimum Gasteiger partial charge on any atom is -0.351 e. The van der Waals surface area contributed by atoms with E-state index in [9.17, 15) is 4.79 Å². The van der Waals surface area contributed by atoms with Crippen molar-refractivity contribution in [3.8, 4) is 0 Å². The zero-order valence-electron chi connectivity index (χ0n) is 12.2. The zero-order chi connectivity index (χ0) is 15.1. The second-order valence-corrected chi connectivity index (χ2v) is 4.85. The van der Waals surface area contributed by atoms with Crippen LogP contribution in [0.15, 0.2) is 42.7 Å². The third-order valence-electron chi connectivity index (χ3n) is 2.79. The number of amides is 1. The van der Waals surface area contributed by atoms with Crippen molar-refractivity contribution in [2.24, 2.45) is 0 Å². The maximum Gasteiger partial charge on any atom is 0.254 e. The lowest BCUT2D eigenvalue weighted by Gasteiger charge is -2.10. The van der Waals surface area contributed by atoms with E-state index in [0.717, 1.165) is 12.2 Å². The van der Waals surface area contributed by atoms with Crippen molar-refractivity contribution in [1.82, 2.24) is 20.2 Å². The van der Waals surface area contributed by atoms with E-state index in [1.54, 1.807) is 0 Å². The van der Waals surface area contributed by atoms with Crippen LogP contribution >= 0.6 is 0 Å². The normalized spacial score (nSPS) is 10.4. The summed E-state index contributed by atoms with van der Waals surface area (Å²) in [6.45, 7) is 1.39. The lowest BCUT2D eigenvalue weighted by atomic mass is 10.3. The first kappa shape index (κ1) is 14.9. The Morgan fingerprint density at radius 3 is 2.43 bits per heavy atom. The molecule has 0 aliphatic heterocycles. The average Bonchev–Trinajstić information content (AvgIpc) is 2.48. The monoisotopic (exact) mass is 285 g/mol. The van der Waals surface area contributed by atoms with Gasteiger partial charge in [0, 0.05) is 31.2 Å². The highest BCUT2D eigenvalue weighted by atomic mass is 16.1. The summed E-state index contributed by atoms with van der Waals surface area (Å²) in [4.78, 5) is 22.2. The van der Waals surface area contributed by atoms with Gasteiger partial charge in [0.05, 0.1) is 5.56 Å². The Bertz CT molecular complexity index is 568. The van der Waals surface area contributed by atoms with Gasteiger partial charge >= 0.3 is 0 Å². The van der Waals surface area contributed by atoms with Gasteiger partial charge in [-0.15, -0.1) is 0 Å². The number of hydrogen-bond donors (Lipinski definition) is 2. The van der Waals surface area contributed by atoms with Crippen LogP contribution in [-0.2, 0) is 0 Å². The van der Waals surface area contributed by atoms with Gasteiger partial charge in [0.15, 0.2) is 0 Å². The van der Waals surface area contributed by atoms with Crippen LogP contribution in [0, 0.1) is 0 Å². The van der Waals surface area contributed by atoms with E-state index in [1.807, 2.05) is 49.3 Å². The molecule has 21 heavy (non-hydrogen) atoms. The van der Waals surface area contributed by atoms with Gasteiger partial charge in [-0.1, -0.05) is 18.2 Å². The number of carbonyl (C=O) groups excluding carboxylic acids is 1. The number of benzene rings is 1. The minimum absolute atomic E-state index is 0.164. The Morgan fingerprint density at radius 2 is 1.81 bits per heavy atom. The lowest BCUT2D eigenvalue weighted by Crippen LogP contribution is -2.31. The molecular weight excluding hydrogens is 266 g/mol. The molecule has 6 heteroatoms. The van der Waals surface area contributed by atoms with E-state index in [-0.39, 0.29) is 5.91 Å². The van der Waals surface area contributed by atoms with Crippen molar-refractivity contribution in [2.45, 2.75) is 0 Å². The molecule has 0 aliphatic rings. The standard InChI is InChI=1S/C15H19N5O/c1-20(2)9-8-16-14(21)12-10-17-15(18-11-12)19-13-6-4-3-5-7-13/h3-7,10-11H,8-9H2,1-2H3,(H,16,21)(H,17,18,19). The molecule has 0 unspecified atom stereocenters. The van der Waals surface area contributed by atoms with Crippen molar-refractivity contribution in [3.05, 3.63) is 48.3 Å². The lowest BCUT2D eigenvalue weighted by molar-refractivity contribution is 0.0950. The quantitative estimate of drug-likeness (QED) is 0.842. The van der Waals surface area contributed by atoms with Crippen molar-refractivity contribution in [1.29, 1.82) is 0 Å². The first-order valence-electron chi connectivity index (χ1n) is 6.72. The molecule has 1 amide bonds. The summed E-state index contributed by atoms with van der Waals surface area (Å²) in [6.07, 6.45) is 3.03. The molecule has 1 aromatic heterocycles. The van der Waals surface area contributed by atoms with E-state index < -0.39 is 0 Å². The van der Waals surface area contributed by atoms with Crippen LogP contribution in [0.1, 0.15) is 10.4 Å². The molecule has 2 rings (SSSR count). The molecule has 0 fully saturated rings. The zero-order valence-corrected chi connectivity index (χ0v) is 12.2. The van der Waals surface area contributed by atoms with Crippen molar-refractivity contribution < 1.29 is 4.79 Å². The smallest absolute Gasteiger partial charge is 0.254 e. The van der Waals surface area contributed by atoms with E-state index in [4.69, 9.17) is 0 Å². The fraction of sp³-hybridized carbons (Fsp3) is 0.267. The largest absolute Gasteiger partial charge is 0.351 e. The highest BCUT2D eigenvalue weighted by molar-refractivity contribution is 5.93. The van der Waals surface area contributed by atoms with E-state index in [0.29, 0.717) is 18.1 Å². The van der Waals surface area contributed by atoms with Crippen LogP contribution < -0.4 is 10.6 Å². The van der Waals surface area contributed by atoms with Crippen molar-refractivity contribution in [3.63, 3.8) is 0 Å². The van der Waals surface area contributed by atoms with Gasteiger partial charge in [0.25, 0.3) is 5.91 Å². The van der Waals surface area contributed by atoms with Crippen LogP contribution in [0.3, 0.4) is 0 Å². The average molecular weight is 285 g/mol. The molecule has 0 spiro atoms. The maximum atomic E-state index is 11.9. The Balaban J connectivity index is 1.91. The summed E-state index contributed by atoms with van der Waals surface area (Å²) in [5.74, 6) is 0.300. The maximum absolute atomic E-state index is 11.9. The number of nitrogens with one attached hydrogen (secondary N) is 2. The third kappa shape index (κ3) is 4.85. The van der Waals surface area contributed by atoms with Gasteiger partial charge in [-0.2, -0.15) is 0 Å². The fourth-order valence-electron chi connectivity index (χ4n) is 1.66. The van der Waals surface area contributed by atoms with Gasteiger partial charge in [0.1, 0.15) is 0 Å². The summed E-state index contributed by atoms with van der Waals surface area (Å²) in [6, 6.07) is 9.63. The number of likely N-dealkylation sites (N-methyl/N-ethyl adjacent to an activating group) is 1. The molecule has 0 saturated heterocycles. The van der Waals surface area contributed by atoms with Crippen molar-refractivity contribution >= 4 is 17.5 Å². The second-order valence-electron chi connectivity index (χ2n) is 4.85. The molecule has 0 atom stereocenters. The minimum atomic E-state index is -0.164. The van der Waals surface area contributed by atoms with E-state index in [2.05, 4.69) is 20.6 Å². The van der Waals surface area contributed by atoms with Gasteiger partial charge in [-0.25, -0.2) is 9.97 Å². The molecule has 1 heterocycles. The second kappa shape index (κ2) is 7.35. The summed E-state index contributed by atoms with van der Waals surface area (Å²) >= 11 is 0. The summed E-state index contributed by atoms with van der Waals surface area (Å²) in [7, 11) is 3.92. The van der Waals surface area contributed by atoms with E-state index >= 15 is 0 Å². The molecule has 110 valence electrons. The van der Waals surface area contributed by atoms with Crippen LogP contribution in [-0.4, -0.2) is 48.0 Å². The molecule has 0 radical (unpaired) electrons. The first-order valence-corrected chi connectivity index (χ1v) is 6.72. The SMILES string of the molecule is CN(C)CCNC(=O)c1cnc(Nc2ccccc2)nc1. The Kier molecular flexibility index (Phi) is 5.22. The molecule has 0 bridgehead atoms. The van der Waals surface area contributed by atoms with Crippen LogP contribution in [0.5, 0.6) is 0 Å². The first-order chi connectivity index (χ1) is 10.1. The number of nitrogens with zero attached hydrogens (tertiary/aromatic N) is 3. The Labute approximate surface area is 124 Å². The highest BCUT2D eigenvalue weighted by Crippen LogP contribution is 2.11. The molecule has 6 nitrogen and oxygen atoms in total. The van der Waals surface area contributed by atoms with Gasteiger partial charge < -0.3 is 15.5 Å². The van der Waals surface area contributed by atoms with Gasteiger partial charge in [-0.3, -0.25) is 4.79 Å². The molecule has 0 aliphatic carbocycles. The van der Waals surface area contributed by atoms with Crippen molar-refractivity contribution in [2.75, 3.05) is 32.5 Å². The van der Waals surface area contributed by atoms with Crippen LogP contribution in [0.2, 0.25) is 0 Å². The number of hydrogen-bond acceptors (Lipinski definition) is 5. The number of carbonyl (C=O) groups is 1. The van der Waals surface area contributed by atoms with Crippen LogP contribution in [0.4, 0.5) is 11.6 Å². The third-order valence-corrected chi connectivity index (χ3v) is 2.79. The van der Waals surface area contributed by atoms with Gasteiger partial charge in [0.2, 0.25) is 5.95 Å². The topological polar surface area (TPSA) is 70.2 Å². The number of para-hydroxylation sites is 1. The molecule has 2 N–H and O–H groups in total. The fourth-order valence-corrected chi connectivity index (χ4v) is 1.66. The number of aromatic nitrogens is 2. The molecule has 0 saturated carbocycles. The summed E-state index contributed by atoms with van der Waals surface area (Å²) < 4.78 is 0. The summed E-state index contributed by atoms with van der Waals surface area (Å²) in [5.41, 5.74) is 1.35. The molecule has 1 aromatic carbocycles. The number of rotatable bonds is 6. The number of anilines is 2. The van der Waals surface area contributed by atoms with Gasteiger partial charge in [-0.05, 0) is 26.2 Å². The summed E-state index contributed by atoms with van der Waals surface area (Å²) in [5, 5.41) is 5.89.